The minimum atomic E-state index is -4.26. The summed E-state index contributed by atoms with van der Waals surface area (Å²) < 4.78 is 43.7. The number of nitrogens with one attached hydrogen (secondary N) is 1. The fourth-order valence-electron chi connectivity index (χ4n) is 4.73. The van der Waals surface area contributed by atoms with Crippen LogP contribution in [-0.4, -0.2) is 44.3 Å². The first-order chi connectivity index (χ1) is 21.1. The van der Waals surface area contributed by atoms with Gasteiger partial charge in [0.05, 0.1) is 10.6 Å². The molecule has 0 bridgehead atoms. The van der Waals surface area contributed by atoms with Gasteiger partial charge in [-0.25, -0.2) is 12.8 Å². The molecule has 4 rings (SSSR count). The smallest absolute Gasteiger partial charge is 0.264 e. The minimum Gasteiger partial charge on any atom is -0.354 e. The van der Waals surface area contributed by atoms with E-state index in [1.165, 1.54) is 29.2 Å². The van der Waals surface area contributed by atoms with Crippen LogP contribution in [-0.2, 0) is 32.6 Å². The third kappa shape index (κ3) is 8.54. The van der Waals surface area contributed by atoms with Crippen molar-refractivity contribution in [2.24, 2.45) is 0 Å². The number of carbonyl (C=O) groups is 2. The Morgan fingerprint density at radius 3 is 2.18 bits per heavy atom. The molecule has 0 spiro atoms. The fraction of sp³-hybridized carbons (Fsp3) is 0.235. The Balaban J connectivity index is 1.79. The Labute approximate surface area is 266 Å². The standard InChI is InChI=1S/C34H35BrFN3O4S/c1-3-20-37-34(41)32(22-26-8-5-4-6-9-26)38(23-27-10-7-11-28(35)21-27)33(40)24-39(30-16-14-29(36)15-17-30)44(42,43)31-18-12-25(2)13-19-31/h4-19,21,32H,3,20,22-24H2,1-2H3,(H,37,41). The number of carbonyl (C=O) groups excluding carboxylic acids is 2. The molecule has 0 aromatic heterocycles. The van der Waals surface area contributed by atoms with Crippen LogP contribution < -0.4 is 9.62 Å². The zero-order valence-electron chi connectivity index (χ0n) is 24.6. The van der Waals surface area contributed by atoms with Gasteiger partial charge in [-0.05, 0) is 73.0 Å². The molecule has 4 aromatic carbocycles. The maximum Gasteiger partial charge on any atom is 0.264 e. The molecule has 10 heteroatoms. The average Bonchev–Trinajstić information content (AvgIpc) is 3.01. The molecule has 230 valence electrons. The van der Waals surface area contributed by atoms with Gasteiger partial charge in [0.15, 0.2) is 0 Å². The van der Waals surface area contributed by atoms with E-state index in [1.54, 1.807) is 12.1 Å². The summed E-state index contributed by atoms with van der Waals surface area (Å²) >= 11 is 3.48. The van der Waals surface area contributed by atoms with Crippen molar-refractivity contribution >= 4 is 43.5 Å². The van der Waals surface area contributed by atoms with Gasteiger partial charge in [-0.2, -0.15) is 0 Å². The topological polar surface area (TPSA) is 86.8 Å². The van der Waals surface area contributed by atoms with Crippen LogP contribution in [0.15, 0.2) is 112 Å². The van der Waals surface area contributed by atoms with Crippen LogP contribution in [0.1, 0.15) is 30.0 Å². The number of rotatable bonds is 13. The van der Waals surface area contributed by atoms with Crippen LogP contribution in [0.25, 0.3) is 0 Å². The maximum atomic E-state index is 14.4. The van der Waals surface area contributed by atoms with Crippen LogP contribution in [0.2, 0.25) is 0 Å². The maximum absolute atomic E-state index is 14.4. The van der Waals surface area contributed by atoms with Crippen LogP contribution in [0.5, 0.6) is 0 Å². The van der Waals surface area contributed by atoms with E-state index in [0.29, 0.717) is 13.0 Å². The summed E-state index contributed by atoms with van der Waals surface area (Å²) in [7, 11) is -4.26. The van der Waals surface area contributed by atoms with Gasteiger partial charge in [0.1, 0.15) is 18.4 Å². The fourth-order valence-corrected chi connectivity index (χ4v) is 6.59. The summed E-state index contributed by atoms with van der Waals surface area (Å²) in [4.78, 5) is 29.5. The Morgan fingerprint density at radius 1 is 0.886 bits per heavy atom. The second-order valence-corrected chi connectivity index (χ2v) is 13.2. The van der Waals surface area contributed by atoms with Crippen molar-refractivity contribution in [1.29, 1.82) is 0 Å². The first kappa shape index (κ1) is 32.9. The number of halogens is 2. The number of nitrogens with zero attached hydrogens (tertiary/aromatic N) is 2. The van der Waals surface area contributed by atoms with E-state index in [4.69, 9.17) is 0 Å². The predicted octanol–water partition coefficient (Wildman–Crippen LogP) is 6.26. The number of amides is 2. The molecular weight excluding hydrogens is 645 g/mol. The minimum absolute atomic E-state index is 0.0136. The molecule has 44 heavy (non-hydrogen) atoms. The van der Waals surface area contributed by atoms with E-state index in [0.717, 1.165) is 37.6 Å². The number of aryl methyl sites for hydroxylation is 1. The van der Waals surface area contributed by atoms with Gasteiger partial charge < -0.3 is 10.2 Å². The van der Waals surface area contributed by atoms with Gasteiger partial charge in [-0.1, -0.05) is 83.0 Å². The van der Waals surface area contributed by atoms with Crippen LogP contribution in [0.3, 0.4) is 0 Å². The monoisotopic (exact) mass is 679 g/mol. The number of hydrogen-bond acceptors (Lipinski definition) is 4. The lowest BCUT2D eigenvalue weighted by Crippen LogP contribution is -2.53. The molecule has 0 saturated heterocycles. The van der Waals surface area contributed by atoms with E-state index < -0.39 is 34.3 Å². The molecule has 1 unspecified atom stereocenters. The van der Waals surface area contributed by atoms with Crippen molar-refractivity contribution in [1.82, 2.24) is 10.2 Å². The van der Waals surface area contributed by atoms with Gasteiger partial charge in [0.2, 0.25) is 11.8 Å². The Hall–Kier alpha value is -4.02. The zero-order valence-corrected chi connectivity index (χ0v) is 27.0. The largest absolute Gasteiger partial charge is 0.354 e. The molecule has 7 nitrogen and oxygen atoms in total. The molecule has 0 saturated carbocycles. The number of anilines is 1. The quantitative estimate of drug-likeness (QED) is 0.181. The molecule has 2 amide bonds. The summed E-state index contributed by atoms with van der Waals surface area (Å²) in [5.74, 6) is -1.47. The Bertz CT molecular complexity index is 1670. The van der Waals surface area contributed by atoms with E-state index in [2.05, 4.69) is 21.2 Å². The predicted molar refractivity (Wildman–Crippen MR) is 174 cm³/mol. The normalized spacial score (nSPS) is 11.9. The highest BCUT2D eigenvalue weighted by Gasteiger charge is 2.34. The third-order valence-electron chi connectivity index (χ3n) is 7.06. The molecule has 0 heterocycles. The summed E-state index contributed by atoms with van der Waals surface area (Å²) in [5, 5.41) is 2.92. The lowest BCUT2D eigenvalue weighted by atomic mass is 10.0. The van der Waals surface area contributed by atoms with Gasteiger partial charge in [0.25, 0.3) is 10.0 Å². The molecular formula is C34H35BrFN3O4S. The third-order valence-corrected chi connectivity index (χ3v) is 9.35. The van der Waals surface area contributed by atoms with Crippen molar-refractivity contribution in [2.45, 2.75) is 44.2 Å². The zero-order chi connectivity index (χ0) is 31.7. The van der Waals surface area contributed by atoms with Crippen LogP contribution in [0.4, 0.5) is 10.1 Å². The lowest BCUT2D eigenvalue weighted by molar-refractivity contribution is -0.140. The average molecular weight is 681 g/mol. The molecule has 0 aliphatic heterocycles. The summed E-state index contributed by atoms with van der Waals surface area (Å²) in [6, 6.07) is 27.0. The number of hydrogen-bond donors (Lipinski definition) is 1. The molecule has 1 N–H and O–H groups in total. The first-order valence-electron chi connectivity index (χ1n) is 14.3. The van der Waals surface area contributed by atoms with Crippen molar-refractivity contribution in [3.8, 4) is 0 Å². The molecule has 0 fully saturated rings. The number of sulfonamides is 1. The van der Waals surface area contributed by atoms with E-state index in [1.807, 2.05) is 68.4 Å². The second kappa shape index (κ2) is 15.1. The molecule has 0 aliphatic rings. The molecule has 0 aliphatic carbocycles. The summed E-state index contributed by atoms with van der Waals surface area (Å²) in [5.41, 5.74) is 2.59. The van der Waals surface area contributed by atoms with Crippen molar-refractivity contribution in [2.75, 3.05) is 17.4 Å². The van der Waals surface area contributed by atoms with Gasteiger partial charge >= 0.3 is 0 Å². The van der Waals surface area contributed by atoms with Crippen molar-refractivity contribution < 1.29 is 22.4 Å². The second-order valence-electron chi connectivity index (χ2n) is 10.4. The summed E-state index contributed by atoms with van der Waals surface area (Å²) in [6.07, 6.45) is 0.925. The van der Waals surface area contributed by atoms with Gasteiger partial charge in [-0.15, -0.1) is 0 Å². The Morgan fingerprint density at radius 2 is 1.55 bits per heavy atom. The van der Waals surface area contributed by atoms with E-state index >= 15 is 0 Å². The molecule has 0 radical (unpaired) electrons. The summed E-state index contributed by atoms with van der Waals surface area (Å²) in [6.45, 7) is 3.65. The SMILES string of the molecule is CCCNC(=O)C(Cc1ccccc1)N(Cc1cccc(Br)c1)C(=O)CN(c1ccc(F)cc1)S(=O)(=O)c1ccc(C)cc1. The van der Waals surface area contributed by atoms with Gasteiger partial charge in [0, 0.05) is 24.0 Å². The van der Waals surface area contributed by atoms with Crippen LogP contribution in [0, 0.1) is 12.7 Å². The van der Waals surface area contributed by atoms with Gasteiger partial charge in [-0.3, -0.25) is 13.9 Å². The van der Waals surface area contributed by atoms with Crippen molar-refractivity contribution in [3.05, 3.63) is 130 Å². The first-order valence-corrected chi connectivity index (χ1v) is 16.5. The molecule has 1 atom stereocenters. The highest BCUT2D eigenvalue weighted by atomic mass is 79.9. The van der Waals surface area contributed by atoms with Crippen LogP contribution >= 0.6 is 15.9 Å². The Kier molecular flexibility index (Phi) is 11.3. The lowest BCUT2D eigenvalue weighted by Gasteiger charge is -2.34. The number of benzene rings is 4. The highest BCUT2D eigenvalue weighted by Crippen LogP contribution is 2.26. The van der Waals surface area contributed by atoms with E-state index in [-0.39, 0.29) is 29.5 Å². The van der Waals surface area contributed by atoms with Crippen molar-refractivity contribution in [3.63, 3.8) is 0 Å². The highest BCUT2D eigenvalue weighted by molar-refractivity contribution is 9.10. The molecule has 4 aromatic rings. The van der Waals surface area contributed by atoms with E-state index in [9.17, 15) is 22.4 Å².